The molecule has 2 heterocycles. The number of nitrogens with one attached hydrogen (secondary N) is 1. The standard InChI is InChI=1S/C16H15ClN4O3S2/c1-10-14(9-20-21(10)12-4-2-11(17)3-5-12)16(22)19-8-13-6-7-15(25-13)26(18,23)24/h2-7,9H,8H2,1H3,(H,19,22)(H2,18,23,24). The van der Waals surface area contributed by atoms with Crippen molar-refractivity contribution in [2.24, 2.45) is 5.14 Å². The first kappa shape index (κ1) is 18.6. The van der Waals surface area contributed by atoms with Gasteiger partial charge in [0.2, 0.25) is 10.0 Å². The minimum absolute atomic E-state index is 0.0634. The van der Waals surface area contributed by atoms with Crippen LogP contribution in [0.25, 0.3) is 5.69 Å². The van der Waals surface area contributed by atoms with E-state index in [9.17, 15) is 13.2 Å². The molecule has 1 amide bonds. The second-order valence-corrected chi connectivity index (χ2v) is 8.87. The van der Waals surface area contributed by atoms with Gasteiger partial charge < -0.3 is 5.32 Å². The van der Waals surface area contributed by atoms with Crippen molar-refractivity contribution < 1.29 is 13.2 Å². The highest BCUT2D eigenvalue weighted by atomic mass is 35.5. The van der Waals surface area contributed by atoms with Crippen molar-refractivity contribution in [3.05, 3.63) is 63.8 Å². The zero-order chi connectivity index (χ0) is 18.9. The summed E-state index contributed by atoms with van der Waals surface area (Å²) in [6, 6.07) is 10.2. The fourth-order valence-corrected chi connectivity index (χ4v) is 4.19. The van der Waals surface area contributed by atoms with Crippen LogP contribution in [0.4, 0.5) is 0 Å². The van der Waals surface area contributed by atoms with Gasteiger partial charge in [0.25, 0.3) is 5.91 Å². The average molecular weight is 411 g/mol. The molecule has 0 radical (unpaired) electrons. The first-order chi connectivity index (χ1) is 12.3. The Balaban J connectivity index is 1.73. The quantitative estimate of drug-likeness (QED) is 0.673. The number of amides is 1. The third-order valence-corrected chi connectivity index (χ3v) is 6.44. The van der Waals surface area contributed by atoms with E-state index in [-0.39, 0.29) is 16.7 Å². The van der Waals surface area contributed by atoms with Gasteiger partial charge in [-0.1, -0.05) is 11.6 Å². The predicted octanol–water partition coefficient (Wildman–Crippen LogP) is 2.47. The Bertz CT molecular complexity index is 1060. The van der Waals surface area contributed by atoms with E-state index in [1.54, 1.807) is 29.8 Å². The largest absolute Gasteiger partial charge is 0.347 e. The number of aromatic nitrogens is 2. The lowest BCUT2D eigenvalue weighted by Crippen LogP contribution is -2.22. The van der Waals surface area contributed by atoms with Crippen LogP contribution in [0, 0.1) is 6.92 Å². The number of primary sulfonamides is 1. The molecule has 0 saturated heterocycles. The second kappa shape index (κ2) is 7.20. The van der Waals surface area contributed by atoms with E-state index in [1.807, 2.05) is 12.1 Å². The molecule has 0 atom stereocenters. The molecule has 0 saturated carbocycles. The van der Waals surface area contributed by atoms with Gasteiger partial charge in [0.1, 0.15) is 4.21 Å². The van der Waals surface area contributed by atoms with Gasteiger partial charge in [0.15, 0.2) is 0 Å². The van der Waals surface area contributed by atoms with E-state index in [2.05, 4.69) is 10.4 Å². The minimum Gasteiger partial charge on any atom is -0.347 e. The zero-order valence-electron chi connectivity index (χ0n) is 13.6. The molecule has 0 bridgehead atoms. The highest BCUT2D eigenvalue weighted by Crippen LogP contribution is 2.21. The summed E-state index contributed by atoms with van der Waals surface area (Å²) >= 11 is 6.91. The molecule has 0 fully saturated rings. The summed E-state index contributed by atoms with van der Waals surface area (Å²) in [4.78, 5) is 13.1. The number of sulfonamides is 1. The molecule has 0 unspecified atom stereocenters. The fourth-order valence-electron chi connectivity index (χ4n) is 2.34. The summed E-state index contributed by atoms with van der Waals surface area (Å²) in [5.41, 5.74) is 1.91. The van der Waals surface area contributed by atoms with E-state index >= 15 is 0 Å². The van der Waals surface area contributed by atoms with E-state index in [1.165, 1.54) is 12.3 Å². The maximum absolute atomic E-state index is 12.4. The number of nitrogens with zero attached hydrogens (tertiary/aromatic N) is 2. The van der Waals surface area contributed by atoms with Crippen LogP contribution in [0.1, 0.15) is 20.9 Å². The molecule has 3 aromatic rings. The van der Waals surface area contributed by atoms with Crippen LogP contribution in [0.3, 0.4) is 0 Å². The van der Waals surface area contributed by atoms with Crippen molar-refractivity contribution in [1.82, 2.24) is 15.1 Å². The Morgan fingerprint density at radius 1 is 1.27 bits per heavy atom. The predicted molar refractivity (Wildman–Crippen MR) is 100 cm³/mol. The van der Waals surface area contributed by atoms with Gasteiger partial charge in [-0.15, -0.1) is 11.3 Å². The number of benzene rings is 1. The van der Waals surface area contributed by atoms with Crippen molar-refractivity contribution in [1.29, 1.82) is 0 Å². The Labute approximate surface area is 159 Å². The minimum atomic E-state index is -3.73. The molecule has 26 heavy (non-hydrogen) atoms. The third-order valence-electron chi connectivity index (χ3n) is 3.67. The molecule has 2 aromatic heterocycles. The van der Waals surface area contributed by atoms with Gasteiger partial charge in [0, 0.05) is 9.90 Å². The molecule has 10 heteroatoms. The Kier molecular flexibility index (Phi) is 5.15. The van der Waals surface area contributed by atoms with E-state index < -0.39 is 10.0 Å². The number of hydrogen-bond donors (Lipinski definition) is 2. The number of halogens is 1. The average Bonchev–Trinajstić information content (AvgIpc) is 3.20. The third kappa shape index (κ3) is 3.96. The second-order valence-electron chi connectivity index (χ2n) is 5.48. The lowest BCUT2D eigenvalue weighted by atomic mass is 10.2. The molecule has 0 aliphatic rings. The molecular weight excluding hydrogens is 396 g/mol. The molecule has 0 aliphatic carbocycles. The number of nitrogens with two attached hydrogens (primary N) is 1. The summed E-state index contributed by atoms with van der Waals surface area (Å²) in [5, 5.41) is 12.7. The highest BCUT2D eigenvalue weighted by Gasteiger charge is 2.16. The Morgan fingerprint density at radius 2 is 1.96 bits per heavy atom. The van der Waals surface area contributed by atoms with Crippen molar-refractivity contribution in [3.8, 4) is 5.69 Å². The zero-order valence-corrected chi connectivity index (χ0v) is 16.0. The van der Waals surface area contributed by atoms with Crippen LogP contribution in [-0.4, -0.2) is 24.1 Å². The van der Waals surface area contributed by atoms with Crippen LogP contribution in [0.2, 0.25) is 5.02 Å². The summed E-state index contributed by atoms with van der Waals surface area (Å²) in [6.07, 6.45) is 1.49. The molecule has 7 nitrogen and oxygen atoms in total. The molecule has 136 valence electrons. The van der Waals surface area contributed by atoms with Gasteiger partial charge in [-0.05, 0) is 43.3 Å². The first-order valence-electron chi connectivity index (χ1n) is 7.46. The molecule has 1 aromatic carbocycles. The van der Waals surface area contributed by atoms with Crippen molar-refractivity contribution in [2.75, 3.05) is 0 Å². The fraction of sp³-hybridized carbons (Fsp3) is 0.125. The summed E-state index contributed by atoms with van der Waals surface area (Å²) in [6.45, 7) is 1.99. The number of carbonyl (C=O) groups excluding carboxylic acids is 1. The lowest BCUT2D eigenvalue weighted by molar-refractivity contribution is 0.0950. The van der Waals surface area contributed by atoms with E-state index in [0.29, 0.717) is 21.2 Å². The van der Waals surface area contributed by atoms with E-state index in [4.69, 9.17) is 16.7 Å². The highest BCUT2D eigenvalue weighted by molar-refractivity contribution is 7.91. The first-order valence-corrected chi connectivity index (χ1v) is 10.2. The summed E-state index contributed by atoms with van der Waals surface area (Å²) in [7, 11) is -3.73. The molecule has 0 spiro atoms. The molecule has 3 N–H and O–H groups in total. The number of rotatable bonds is 5. The molecule has 3 rings (SSSR count). The van der Waals surface area contributed by atoms with Gasteiger partial charge in [-0.25, -0.2) is 18.2 Å². The molecule has 0 aliphatic heterocycles. The van der Waals surface area contributed by atoms with Crippen LogP contribution >= 0.6 is 22.9 Å². The maximum Gasteiger partial charge on any atom is 0.255 e. The monoisotopic (exact) mass is 410 g/mol. The van der Waals surface area contributed by atoms with E-state index in [0.717, 1.165) is 17.0 Å². The number of carbonyl (C=O) groups is 1. The number of hydrogen-bond acceptors (Lipinski definition) is 5. The van der Waals surface area contributed by atoms with Gasteiger partial charge in [0.05, 0.1) is 29.7 Å². The SMILES string of the molecule is Cc1c(C(=O)NCc2ccc(S(N)(=O)=O)s2)cnn1-c1ccc(Cl)cc1. The summed E-state index contributed by atoms with van der Waals surface area (Å²) in [5.74, 6) is -0.298. The lowest BCUT2D eigenvalue weighted by Gasteiger charge is -2.06. The van der Waals surface area contributed by atoms with Gasteiger partial charge >= 0.3 is 0 Å². The Morgan fingerprint density at radius 3 is 2.58 bits per heavy atom. The normalized spacial score (nSPS) is 11.5. The van der Waals surface area contributed by atoms with Gasteiger partial charge in [-0.3, -0.25) is 4.79 Å². The molecular formula is C16H15ClN4O3S2. The smallest absolute Gasteiger partial charge is 0.255 e. The topological polar surface area (TPSA) is 107 Å². The van der Waals surface area contributed by atoms with Crippen molar-refractivity contribution >= 4 is 38.9 Å². The van der Waals surface area contributed by atoms with Crippen LogP contribution in [0.5, 0.6) is 0 Å². The van der Waals surface area contributed by atoms with Gasteiger partial charge in [-0.2, -0.15) is 5.10 Å². The maximum atomic E-state index is 12.4. The Hall–Kier alpha value is -2.20. The van der Waals surface area contributed by atoms with Crippen molar-refractivity contribution in [2.45, 2.75) is 17.7 Å². The summed E-state index contributed by atoms with van der Waals surface area (Å²) < 4.78 is 24.3. The number of thiophene rings is 1. The van der Waals surface area contributed by atoms with Crippen LogP contribution in [-0.2, 0) is 16.6 Å². The van der Waals surface area contributed by atoms with Crippen LogP contribution < -0.4 is 10.5 Å². The van der Waals surface area contributed by atoms with Crippen molar-refractivity contribution in [3.63, 3.8) is 0 Å². The van der Waals surface area contributed by atoms with Crippen LogP contribution in [0.15, 0.2) is 46.8 Å².